The lowest BCUT2D eigenvalue weighted by molar-refractivity contribution is 0.604. The minimum Gasteiger partial charge on any atom is -0.314 e. The van der Waals surface area contributed by atoms with Crippen LogP contribution >= 0.6 is 11.6 Å². The molecule has 1 aliphatic carbocycles. The molecule has 116 valence electrons. The number of benzene rings is 1. The molecule has 0 N–H and O–H groups in total. The fourth-order valence-corrected chi connectivity index (χ4v) is 4.48. The molecule has 0 saturated carbocycles. The maximum absolute atomic E-state index is 12.8. The molecule has 0 fully saturated rings. The summed E-state index contributed by atoms with van der Waals surface area (Å²) in [4.78, 5) is 0.173. The molecular weight excluding hydrogens is 332 g/mol. The van der Waals surface area contributed by atoms with Gasteiger partial charge in [0.1, 0.15) is 10.6 Å². The van der Waals surface area contributed by atoms with E-state index in [2.05, 4.69) is 4.40 Å². The molecule has 4 rings (SSSR count). The first-order valence-corrected chi connectivity index (χ1v) is 9.09. The Kier molecular flexibility index (Phi) is 3.28. The second-order valence-corrected chi connectivity index (χ2v) is 7.55. The molecule has 1 aliphatic heterocycles. The number of sulfonamides is 1. The molecule has 0 spiro atoms. The van der Waals surface area contributed by atoms with Crippen molar-refractivity contribution in [1.82, 2.24) is 4.57 Å². The molecule has 1 aromatic carbocycles. The van der Waals surface area contributed by atoms with Gasteiger partial charge in [-0.15, -0.1) is 11.6 Å². The van der Waals surface area contributed by atoms with E-state index >= 15 is 0 Å². The fourth-order valence-electron chi connectivity index (χ4n) is 2.87. The summed E-state index contributed by atoms with van der Waals surface area (Å²) in [5, 5.41) is -0.337. The number of halogens is 1. The lowest BCUT2D eigenvalue weighted by Gasteiger charge is -2.17. The average molecular weight is 345 g/mol. The van der Waals surface area contributed by atoms with Crippen LogP contribution in [0.4, 0.5) is 0 Å². The second-order valence-electron chi connectivity index (χ2n) is 5.42. The summed E-state index contributed by atoms with van der Waals surface area (Å²) in [6.07, 6.45) is 5.88. The zero-order valence-electron chi connectivity index (χ0n) is 12.1. The predicted octanol–water partition coefficient (Wildman–Crippen LogP) is 3.40. The van der Waals surface area contributed by atoms with Crippen LogP contribution in [0.1, 0.15) is 17.7 Å². The molecule has 1 atom stereocenters. The van der Waals surface area contributed by atoms with E-state index in [1.54, 1.807) is 6.08 Å². The molecule has 4 nitrogen and oxygen atoms in total. The summed E-state index contributed by atoms with van der Waals surface area (Å²) in [6.45, 7) is 0. The number of nitrogens with zero attached hydrogens (tertiary/aromatic N) is 2. The summed E-state index contributed by atoms with van der Waals surface area (Å²) >= 11 is 6.13. The third-order valence-electron chi connectivity index (χ3n) is 3.91. The molecule has 2 heterocycles. The van der Waals surface area contributed by atoms with Gasteiger partial charge in [-0.05, 0) is 24.6 Å². The topological polar surface area (TPSA) is 51.4 Å². The summed E-state index contributed by atoms with van der Waals surface area (Å²) in [5.41, 5.74) is 2.58. The Hall–Kier alpha value is -2.11. The van der Waals surface area contributed by atoms with E-state index in [1.165, 1.54) is 0 Å². The third-order valence-corrected chi connectivity index (χ3v) is 5.54. The first-order valence-electron chi connectivity index (χ1n) is 7.21. The van der Waals surface area contributed by atoms with E-state index in [9.17, 15) is 8.42 Å². The van der Waals surface area contributed by atoms with E-state index in [0.29, 0.717) is 17.8 Å². The number of rotatable bonds is 1. The Bertz CT molecular complexity index is 969. The molecule has 2 aliphatic rings. The van der Waals surface area contributed by atoms with Crippen molar-refractivity contribution in [3.63, 3.8) is 0 Å². The number of hydrogen-bond donors (Lipinski definition) is 0. The molecule has 2 aromatic rings. The van der Waals surface area contributed by atoms with Crippen LogP contribution < -0.4 is 0 Å². The van der Waals surface area contributed by atoms with E-state index in [0.717, 1.165) is 11.3 Å². The Balaban J connectivity index is 2.04. The highest BCUT2D eigenvalue weighted by Gasteiger charge is 2.32. The highest BCUT2D eigenvalue weighted by atomic mass is 35.5. The van der Waals surface area contributed by atoms with E-state index in [1.807, 2.05) is 59.3 Å². The van der Waals surface area contributed by atoms with Gasteiger partial charge in [0.2, 0.25) is 0 Å². The van der Waals surface area contributed by atoms with Crippen molar-refractivity contribution in [3.8, 4) is 0 Å². The van der Waals surface area contributed by atoms with Crippen LogP contribution in [0.25, 0.3) is 5.70 Å². The molecular formula is C17H13ClN2O2S. The van der Waals surface area contributed by atoms with Gasteiger partial charge in [0.15, 0.2) is 0 Å². The monoisotopic (exact) mass is 344 g/mol. The largest absolute Gasteiger partial charge is 0.314 e. The van der Waals surface area contributed by atoms with Gasteiger partial charge in [-0.25, -0.2) is 0 Å². The van der Waals surface area contributed by atoms with Crippen molar-refractivity contribution in [2.45, 2.75) is 11.8 Å². The number of alkyl halides is 1. The second kappa shape index (κ2) is 5.22. The Morgan fingerprint density at radius 3 is 2.70 bits per heavy atom. The zero-order valence-corrected chi connectivity index (χ0v) is 13.6. The van der Waals surface area contributed by atoms with Crippen LogP contribution in [0.5, 0.6) is 0 Å². The Morgan fingerprint density at radius 2 is 1.91 bits per heavy atom. The van der Waals surface area contributed by atoms with E-state index in [4.69, 9.17) is 11.6 Å². The van der Waals surface area contributed by atoms with Gasteiger partial charge in [-0.3, -0.25) is 0 Å². The lowest BCUT2D eigenvalue weighted by Crippen LogP contribution is -2.12. The number of hydrogen-bond acceptors (Lipinski definition) is 2. The predicted molar refractivity (Wildman–Crippen MR) is 92.0 cm³/mol. The minimum absolute atomic E-state index is 0.173. The van der Waals surface area contributed by atoms with Gasteiger partial charge >= 0.3 is 0 Å². The number of allylic oxidation sites excluding steroid dienone is 3. The van der Waals surface area contributed by atoms with Crippen molar-refractivity contribution >= 4 is 33.0 Å². The van der Waals surface area contributed by atoms with Gasteiger partial charge in [-0.1, -0.05) is 36.4 Å². The SMILES string of the molecule is O=S1(=O)N=C(c2ccccc2)c2cccn2C2=CCC(Cl)C=C21. The van der Waals surface area contributed by atoms with E-state index < -0.39 is 10.0 Å². The number of fused-ring (bicyclic) bond motifs is 3. The van der Waals surface area contributed by atoms with Crippen LogP contribution in [-0.2, 0) is 10.0 Å². The number of aromatic nitrogens is 1. The third kappa shape index (κ3) is 2.36. The molecule has 0 saturated heterocycles. The molecule has 0 bridgehead atoms. The summed E-state index contributed by atoms with van der Waals surface area (Å²) in [7, 11) is -3.81. The standard InChI is InChI=1S/C17H13ClN2O2S/c18-13-8-9-14-16(11-13)23(21,22)19-17(12-5-2-1-3-6-12)15-7-4-10-20(14)15/h1-7,9-11,13H,8H2. The highest BCUT2D eigenvalue weighted by Crippen LogP contribution is 2.35. The Labute approximate surface area is 139 Å². The normalized spacial score (nSPS) is 22.1. The van der Waals surface area contributed by atoms with E-state index in [-0.39, 0.29) is 10.3 Å². The maximum atomic E-state index is 12.8. The van der Waals surface area contributed by atoms with Crippen molar-refractivity contribution in [1.29, 1.82) is 0 Å². The summed E-state index contributed by atoms with van der Waals surface area (Å²) in [6, 6.07) is 13.1. The maximum Gasteiger partial charge on any atom is 0.284 e. The van der Waals surface area contributed by atoms with Crippen molar-refractivity contribution in [2.75, 3.05) is 0 Å². The molecule has 0 radical (unpaired) electrons. The quantitative estimate of drug-likeness (QED) is 0.744. The highest BCUT2D eigenvalue weighted by molar-refractivity contribution is 7.94. The molecule has 1 unspecified atom stereocenters. The molecule has 23 heavy (non-hydrogen) atoms. The Morgan fingerprint density at radius 1 is 1.13 bits per heavy atom. The summed E-state index contributed by atoms with van der Waals surface area (Å²) < 4.78 is 31.5. The molecule has 1 aromatic heterocycles. The van der Waals surface area contributed by atoms with Crippen LogP contribution in [0.15, 0.2) is 70.1 Å². The average Bonchev–Trinajstić information content (AvgIpc) is 2.99. The lowest BCUT2D eigenvalue weighted by atomic mass is 10.1. The minimum atomic E-state index is -3.81. The van der Waals surface area contributed by atoms with Gasteiger partial charge in [0.25, 0.3) is 10.0 Å². The first-order chi connectivity index (χ1) is 11.1. The fraction of sp³-hybridized carbons (Fsp3) is 0.118. The smallest absolute Gasteiger partial charge is 0.284 e. The van der Waals surface area contributed by atoms with Crippen molar-refractivity contribution in [2.24, 2.45) is 4.40 Å². The van der Waals surface area contributed by atoms with Gasteiger partial charge in [-0.2, -0.15) is 12.8 Å². The van der Waals surface area contributed by atoms with Crippen LogP contribution in [-0.4, -0.2) is 24.1 Å². The van der Waals surface area contributed by atoms with Gasteiger partial charge < -0.3 is 4.57 Å². The van der Waals surface area contributed by atoms with Crippen LogP contribution in [0, 0.1) is 0 Å². The first kappa shape index (κ1) is 14.5. The van der Waals surface area contributed by atoms with Gasteiger partial charge in [0, 0.05) is 11.8 Å². The van der Waals surface area contributed by atoms with Crippen LogP contribution in [0.2, 0.25) is 0 Å². The van der Waals surface area contributed by atoms with Crippen LogP contribution in [0.3, 0.4) is 0 Å². The molecule has 6 heteroatoms. The molecule has 0 amide bonds. The van der Waals surface area contributed by atoms with Crippen molar-refractivity contribution < 1.29 is 8.42 Å². The summed E-state index contributed by atoms with van der Waals surface area (Å²) in [5.74, 6) is 0. The van der Waals surface area contributed by atoms with Gasteiger partial charge in [0.05, 0.1) is 16.8 Å². The van der Waals surface area contributed by atoms with Crippen molar-refractivity contribution in [3.05, 3.63) is 77.0 Å². The zero-order chi connectivity index (χ0) is 16.0.